The number of rotatable bonds is 6. The molecule has 1 aromatic heterocycles. The lowest BCUT2D eigenvalue weighted by Gasteiger charge is -2.26. The molecule has 1 aliphatic rings. The lowest BCUT2D eigenvalue weighted by Crippen LogP contribution is -2.37. The average Bonchev–Trinajstić information content (AvgIpc) is 2.66. The first-order chi connectivity index (χ1) is 13.2. The Balaban J connectivity index is 1.74. The molecule has 28 heavy (non-hydrogen) atoms. The van der Waals surface area contributed by atoms with Crippen LogP contribution in [0.2, 0.25) is 0 Å². The Kier molecular flexibility index (Phi) is 6.01. The first kappa shape index (κ1) is 20.3. The van der Waals surface area contributed by atoms with Gasteiger partial charge in [-0.05, 0) is 18.2 Å². The van der Waals surface area contributed by atoms with Gasteiger partial charge in [-0.3, -0.25) is 0 Å². The minimum Gasteiger partial charge on any atom is -0.404 e. The number of para-hydroxylation sites is 1. The van der Waals surface area contributed by atoms with Gasteiger partial charge in [0.05, 0.1) is 25.5 Å². The van der Waals surface area contributed by atoms with E-state index in [0.717, 1.165) is 12.1 Å². The number of nitrogens with one attached hydrogen (secondary N) is 1. The van der Waals surface area contributed by atoms with Crippen LogP contribution in [0.1, 0.15) is 5.69 Å². The number of morpholine rings is 1. The smallest absolute Gasteiger partial charge is 0.404 e. The summed E-state index contributed by atoms with van der Waals surface area (Å²) < 4.78 is 73.8. The molecule has 0 aliphatic carbocycles. The van der Waals surface area contributed by atoms with Crippen LogP contribution in [-0.4, -0.2) is 51.1 Å². The molecule has 0 atom stereocenters. The van der Waals surface area contributed by atoms with Gasteiger partial charge >= 0.3 is 6.36 Å². The topological polar surface area (TPSA) is 93.7 Å². The van der Waals surface area contributed by atoms with Crippen LogP contribution < -0.4 is 14.4 Å². The summed E-state index contributed by atoms with van der Waals surface area (Å²) in [6.07, 6.45) is -3.52. The van der Waals surface area contributed by atoms with E-state index in [9.17, 15) is 21.6 Å². The van der Waals surface area contributed by atoms with Crippen molar-refractivity contribution in [2.75, 3.05) is 31.2 Å². The molecule has 1 N–H and O–H groups in total. The van der Waals surface area contributed by atoms with Gasteiger partial charge < -0.3 is 14.4 Å². The maximum Gasteiger partial charge on any atom is 0.573 e. The third-order valence-corrected chi connectivity index (χ3v) is 5.24. The Labute approximate surface area is 159 Å². The Morgan fingerprint density at radius 2 is 1.89 bits per heavy atom. The largest absolute Gasteiger partial charge is 0.573 e. The molecule has 0 saturated carbocycles. The molecular formula is C16H17F3N4O4S. The lowest BCUT2D eigenvalue weighted by atomic mass is 10.3. The van der Waals surface area contributed by atoms with Gasteiger partial charge in [-0.15, -0.1) is 13.2 Å². The number of ether oxygens (including phenoxy) is 2. The third-order valence-electron chi connectivity index (χ3n) is 3.80. The van der Waals surface area contributed by atoms with E-state index in [1.807, 2.05) is 4.90 Å². The number of aromatic nitrogens is 2. The second-order valence-electron chi connectivity index (χ2n) is 5.77. The van der Waals surface area contributed by atoms with Crippen LogP contribution in [0.4, 0.5) is 19.1 Å². The first-order valence-electron chi connectivity index (χ1n) is 8.24. The molecule has 1 saturated heterocycles. The van der Waals surface area contributed by atoms with Crippen LogP contribution in [0.3, 0.4) is 0 Å². The Morgan fingerprint density at radius 3 is 2.61 bits per heavy atom. The fraction of sp³-hybridized carbons (Fsp3) is 0.375. The van der Waals surface area contributed by atoms with E-state index in [1.54, 1.807) is 0 Å². The van der Waals surface area contributed by atoms with Gasteiger partial charge in [-0.2, -0.15) is 0 Å². The van der Waals surface area contributed by atoms with Crippen LogP contribution in [0.25, 0.3) is 0 Å². The zero-order valence-electron chi connectivity index (χ0n) is 14.5. The molecule has 0 unspecified atom stereocenters. The Hall–Kier alpha value is -2.44. The number of anilines is 1. The molecule has 0 spiro atoms. The molecule has 1 aliphatic heterocycles. The SMILES string of the molecule is O=S(=O)(NCc1ccnc(N2CCOCC2)n1)c1ccccc1OC(F)(F)F. The summed E-state index contributed by atoms with van der Waals surface area (Å²) in [5.74, 6) is -0.375. The van der Waals surface area contributed by atoms with E-state index >= 15 is 0 Å². The fourth-order valence-electron chi connectivity index (χ4n) is 2.53. The summed E-state index contributed by atoms with van der Waals surface area (Å²) in [6, 6.07) is 6.04. The zero-order chi connectivity index (χ0) is 20.2. The monoisotopic (exact) mass is 418 g/mol. The molecule has 152 valence electrons. The number of benzene rings is 1. The van der Waals surface area contributed by atoms with Crippen molar-refractivity contribution in [2.24, 2.45) is 0 Å². The highest BCUT2D eigenvalue weighted by molar-refractivity contribution is 7.89. The molecule has 12 heteroatoms. The Bertz CT molecular complexity index is 918. The third kappa shape index (κ3) is 5.30. The maximum absolute atomic E-state index is 12.5. The molecule has 2 heterocycles. The molecule has 0 bridgehead atoms. The summed E-state index contributed by atoms with van der Waals surface area (Å²) in [6.45, 7) is 2.07. The highest BCUT2D eigenvalue weighted by atomic mass is 32.2. The van der Waals surface area contributed by atoms with Crippen molar-refractivity contribution >= 4 is 16.0 Å². The van der Waals surface area contributed by atoms with Crippen molar-refractivity contribution in [2.45, 2.75) is 17.8 Å². The second-order valence-corrected chi connectivity index (χ2v) is 7.50. The fourth-order valence-corrected chi connectivity index (χ4v) is 3.65. The van der Waals surface area contributed by atoms with Gasteiger partial charge in [-0.25, -0.2) is 23.1 Å². The van der Waals surface area contributed by atoms with Crippen molar-refractivity contribution in [1.82, 2.24) is 14.7 Å². The number of hydrogen-bond donors (Lipinski definition) is 1. The normalized spacial score (nSPS) is 15.5. The quantitative estimate of drug-likeness (QED) is 0.763. The molecule has 2 aromatic rings. The van der Waals surface area contributed by atoms with Crippen LogP contribution >= 0.6 is 0 Å². The van der Waals surface area contributed by atoms with Crippen molar-refractivity contribution in [1.29, 1.82) is 0 Å². The van der Waals surface area contributed by atoms with E-state index in [4.69, 9.17) is 4.74 Å². The maximum atomic E-state index is 12.5. The summed E-state index contributed by atoms with van der Waals surface area (Å²) in [7, 11) is -4.27. The van der Waals surface area contributed by atoms with Gasteiger partial charge in [-0.1, -0.05) is 12.1 Å². The van der Waals surface area contributed by atoms with Crippen molar-refractivity contribution in [3.8, 4) is 5.75 Å². The van der Waals surface area contributed by atoms with E-state index in [-0.39, 0.29) is 6.54 Å². The average molecular weight is 418 g/mol. The van der Waals surface area contributed by atoms with Gasteiger partial charge in [0.1, 0.15) is 10.6 Å². The van der Waals surface area contributed by atoms with Gasteiger partial charge in [0.15, 0.2) is 0 Å². The number of nitrogens with zero attached hydrogens (tertiary/aromatic N) is 3. The Morgan fingerprint density at radius 1 is 1.18 bits per heavy atom. The summed E-state index contributed by atoms with van der Waals surface area (Å²) in [5, 5.41) is 0. The summed E-state index contributed by atoms with van der Waals surface area (Å²) in [4.78, 5) is 9.73. The molecule has 0 radical (unpaired) electrons. The minimum atomic E-state index is -5.01. The van der Waals surface area contributed by atoms with Crippen LogP contribution in [0.5, 0.6) is 5.75 Å². The van der Waals surface area contributed by atoms with Gasteiger partial charge in [0.2, 0.25) is 16.0 Å². The predicted molar refractivity (Wildman–Crippen MR) is 92.2 cm³/mol. The molecule has 3 rings (SSSR count). The summed E-state index contributed by atoms with van der Waals surface area (Å²) in [5.41, 5.74) is 0.370. The molecule has 0 amide bonds. The van der Waals surface area contributed by atoms with Gasteiger partial charge in [0.25, 0.3) is 0 Å². The van der Waals surface area contributed by atoms with Crippen LogP contribution in [0, 0.1) is 0 Å². The zero-order valence-corrected chi connectivity index (χ0v) is 15.3. The minimum absolute atomic E-state index is 0.220. The van der Waals surface area contributed by atoms with Crippen molar-refractivity contribution in [3.05, 3.63) is 42.2 Å². The van der Waals surface area contributed by atoms with Crippen molar-refractivity contribution in [3.63, 3.8) is 0 Å². The van der Waals surface area contributed by atoms with E-state index < -0.39 is 27.0 Å². The van der Waals surface area contributed by atoms with Crippen LogP contribution in [0.15, 0.2) is 41.4 Å². The standard InChI is InChI=1S/C16H17F3N4O4S/c17-16(18,19)27-13-3-1-2-4-14(13)28(24,25)21-11-12-5-6-20-15(22-12)23-7-9-26-10-8-23/h1-6,21H,7-11H2. The van der Waals surface area contributed by atoms with Crippen molar-refractivity contribution < 1.29 is 31.1 Å². The highest BCUT2D eigenvalue weighted by Gasteiger charge is 2.34. The number of hydrogen-bond acceptors (Lipinski definition) is 7. The predicted octanol–water partition coefficient (Wildman–Crippen LogP) is 1.69. The molecule has 1 fully saturated rings. The van der Waals surface area contributed by atoms with E-state index in [2.05, 4.69) is 19.4 Å². The van der Waals surface area contributed by atoms with Gasteiger partial charge in [0, 0.05) is 19.3 Å². The number of halogens is 3. The molecule has 1 aromatic carbocycles. The summed E-state index contributed by atoms with van der Waals surface area (Å²) >= 11 is 0. The van der Waals surface area contributed by atoms with E-state index in [1.165, 1.54) is 24.4 Å². The van der Waals surface area contributed by atoms with Crippen LogP contribution in [-0.2, 0) is 21.3 Å². The molecular weight excluding hydrogens is 401 g/mol. The lowest BCUT2D eigenvalue weighted by molar-refractivity contribution is -0.275. The second kappa shape index (κ2) is 8.29. The first-order valence-corrected chi connectivity index (χ1v) is 9.72. The highest BCUT2D eigenvalue weighted by Crippen LogP contribution is 2.29. The number of alkyl halides is 3. The number of sulfonamides is 1. The van der Waals surface area contributed by atoms with E-state index in [0.29, 0.717) is 37.9 Å². The molecule has 8 nitrogen and oxygen atoms in total.